The van der Waals surface area contributed by atoms with Crippen LogP contribution in [0.15, 0.2) is 5.16 Å². The lowest BCUT2D eigenvalue weighted by molar-refractivity contribution is 0.0868. The second-order valence-corrected chi connectivity index (χ2v) is 1.76. The van der Waals surface area contributed by atoms with Crippen molar-refractivity contribution in [3.05, 3.63) is 0 Å². The molecule has 0 amide bonds. The van der Waals surface area contributed by atoms with E-state index in [2.05, 4.69) is 11.4 Å². The Labute approximate surface area is 50.5 Å². The Hall–Kier alpha value is -0.530. The molecule has 0 atom stereocenters. The van der Waals surface area contributed by atoms with E-state index in [1.807, 2.05) is 20.8 Å². The van der Waals surface area contributed by atoms with E-state index in [4.69, 9.17) is 4.84 Å². The highest BCUT2D eigenvalue weighted by Gasteiger charge is 1.85. The van der Waals surface area contributed by atoms with Gasteiger partial charge in [0.15, 0.2) is 0 Å². The van der Waals surface area contributed by atoms with Gasteiger partial charge in [-0.25, -0.2) is 0 Å². The van der Waals surface area contributed by atoms with Gasteiger partial charge in [-0.15, -0.1) is 0 Å². The maximum Gasteiger partial charge on any atom is 0.122 e. The van der Waals surface area contributed by atoms with Crippen LogP contribution in [0.4, 0.5) is 0 Å². The zero-order valence-electron chi connectivity index (χ0n) is 5.64. The van der Waals surface area contributed by atoms with Crippen molar-refractivity contribution in [3.63, 3.8) is 0 Å². The normalized spacial score (nSPS) is 11.0. The molecule has 47 valence electrons. The van der Waals surface area contributed by atoms with E-state index in [0.717, 1.165) is 6.42 Å². The van der Waals surface area contributed by atoms with Gasteiger partial charge in [-0.1, -0.05) is 12.1 Å². The maximum absolute atomic E-state index is 4.80. The molecule has 0 aliphatic heterocycles. The molecule has 0 saturated heterocycles. The summed E-state index contributed by atoms with van der Waals surface area (Å²) in [7, 11) is 0. The quantitative estimate of drug-likeness (QED) is 0.404. The van der Waals surface area contributed by atoms with Crippen LogP contribution in [-0.4, -0.2) is 12.3 Å². The van der Waals surface area contributed by atoms with E-state index in [-0.39, 0.29) is 6.10 Å². The van der Waals surface area contributed by atoms with Gasteiger partial charge in [0.05, 0.1) is 0 Å². The first-order chi connectivity index (χ1) is 3.77. The van der Waals surface area contributed by atoms with E-state index < -0.39 is 0 Å². The molecule has 0 aromatic rings. The Bertz CT molecular complexity index is 68.9. The summed E-state index contributed by atoms with van der Waals surface area (Å²) >= 11 is 0. The second-order valence-electron chi connectivity index (χ2n) is 1.76. The Kier molecular flexibility index (Phi) is 4.32. The Balaban J connectivity index is 3.03. The van der Waals surface area contributed by atoms with Crippen LogP contribution in [0.25, 0.3) is 0 Å². The first-order valence-electron chi connectivity index (χ1n) is 2.86. The molecule has 0 heterocycles. The Morgan fingerprint density at radius 1 is 1.62 bits per heavy atom. The summed E-state index contributed by atoms with van der Waals surface area (Å²) in [6, 6.07) is 0. The fraction of sp³-hybridized carbons (Fsp3) is 0.833. The van der Waals surface area contributed by atoms with E-state index in [1.54, 1.807) is 0 Å². The predicted molar refractivity (Wildman–Crippen MR) is 33.9 cm³/mol. The third kappa shape index (κ3) is 5.47. The summed E-state index contributed by atoms with van der Waals surface area (Å²) in [5, 5.41) is 3.54. The number of hydrogen-bond donors (Lipinski definition) is 0. The fourth-order valence-corrected chi connectivity index (χ4v) is 0.207. The van der Waals surface area contributed by atoms with Gasteiger partial charge in [-0.3, -0.25) is 0 Å². The molecular weight excluding hydrogens is 102 g/mol. The predicted octanol–water partition coefficient (Wildman–Crippen LogP) is 1.68. The molecule has 0 aliphatic rings. The minimum atomic E-state index is 0.175. The molecular formula is C6H12NO. The number of rotatable bonds is 3. The minimum Gasteiger partial charge on any atom is -0.393 e. The van der Waals surface area contributed by atoms with Crippen molar-refractivity contribution < 1.29 is 4.84 Å². The summed E-state index contributed by atoms with van der Waals surface area (Å²) in [4.78, 5) is 4.80. The molecule has 0 N–H and O–H groups in total. The molecule has 0 aromatic heterocycles. The summed E-state index contributed by atoms with van der Waals surface area (Å²) in [5.41, 5.74) is 0. The molecule has 2 nitrogen and oxygen atoms in total. The van der Waals surface area contributed by atoms with Gasteiger partial charge in [-0.2, -0.15) is 0 Å². The summed E-state index contributed by atoms with van der Waals surface area (Å²) in [5.74, 6) is 0. The highest BCUT2D eigenvalue weighted by atomic mass is 16.6. The molecule has 0 fully saturated rings. The van der Waals surface area contributed by atoms with E-state index in [9.17, 15) is 0 Å². The van der Waals surface area contributed by atoms with Crippen molar-refractivity contribution in [2.24, 2.45) is 5.16 Å². The van der Waals surface area contributed by atoms with Gasteiger partial charge in [0.2, 0.25) is 0 Å². The number of nitrogens with zero attached hydrogens (tertiary/aromatic N) is 1. The van der Waals surface area contributed by atoms with Crippen LogP contribution < -0.4 is 0 Å². The van der Waals surface area contributed by atoms with Gasteiger partial charge in [-0.05, 0) is 20.3 Å². The summed E-state index contributed by atoms with van der Waals surface area (Å²) < 4.78 is 0. The van der Waals surface area contributed by atoms with Gasteiger partial charge >= 0.3 is 0 Å². The van der Waals surface area contributed by atoms with E-state index in [0.29, 0.717) is 0 Å². The average Bonchev–Trinajstić information content (AvgIpc) is 1.66. The minimum absolute atomic E-state index is 0.175. The van der Waals surface area contributed by atoms with E-state index >= 15 is 0 Å². The lowest BCUT2D eigenvalue weighted by Crippen LogP contribution is -1.95. The lowest BCUT2D eigenvalue weighted by Gasteiger charge is -1.98. The standard InChI is InChI=1S/C6H12NO/c1-4-5-7-8-6(2)3/h6H,4H2,1-3H3. The van der Waals surface area contributed by atoms with Crippen molar-refractivity contribution in [1.82, 2.24) is 0 Å². The summed E-state index contributed by atoms with van der Waals surface area (Å²) in [6.45, 7) is 5.83. The molecule has 0 spiro atoms. The maximum atomic E-state index is 4.80. The van der Waals surface area contributed by atoms with Crippen LogP contribution in [0.2, 0.25) is 0 Å². The molecule has 0 saturated carbocycles. The molecule has 1 radical (unpaired) electrons. The van der Waals surface area contributed by atoms with Crippen molar-refractivity contribution >= 4 is 6.21 Å². The monoisotopic (exact) mass is 114 g/mol. The molecule has 0 rings (SSSR count). The smallest absolute Gasteiger partial charge is 0.122 e. The molecule has 8 heavy (non-hydrogen) atoms. The molecule has 2 heteroatoms. The third-order valence-electron chi connectivity index (χ3n) is 0.486. The summed E-state index contributed by atoms with van der Waals surface area (Å²) in [6.07, 6.45) is 3.67. The van der Waals surface area contributed by atoms with Gasteiger partial charge in [0.1, 0.15) is 12.3 Å². The van der Waals surface area contributed by atoms with Crippen LogP contribution in [0, 0.1) is 0 Å². The zero-order valence-corrected chi connectivity index (χ0v) is 5.64. The molecule has 0 unspecified atom stereocenters. The van der Waals surface area contributed by atoms with Crippen LogP contribution in [-0.2, 0) is 4.84 Å². The van der Waals surface area contributed by atoms with Crippen LogP contribution in [0.3, 0.4) is 0 Å². The SMILES string of the molecule is CC/[C]=N/OC(C)C. The molecule has 0 aromatic carbocycles. The lowest BCUT2D eigenvalue weighted by atomic mass is 10.5. The van der Waals surface area contributed by atoms with Crippen molar-refractivity contribution in [2.75, 3.05) is 0 Å². The van der Waals surface area contributed by atoms with Crippen LogP contribution in [0.5, 0.6) is 0 Å². The Morgan fingerprint density at radius 3 is 2.62 bits per heavy atom. The van der Waals surface area contributed by atoms with Gasteiger partial charge in [0.25, 0.3) is 0 Å². The third-order valence-corrected chi connectivity index (χ3v) is 0.486. The largest absolute Gasteiger partial charge is 0.393 e. The Morgan fingerprint density at radius 2 is 2.25 bits per heavy atom. The molecule has 0 bridgehead atoms. The highest BCUT2D eigenvalue weighted by Crippen LogP contribution is 1.86. The van der Waals surface area contributed by atoms with Gasteiger partial charge < -0.3 is 4.84 Å². The zero-order chi connectivity index (χ0) is 6.41. The van der Waals surface area contributed by atoms with E-state index in [1.165, 1.54) is 0 Å². The first-order valence-corrected chi connectivity index (χ1v) is 2.86. The van der Waals surface area contributed by atoms with Crippen LogP contribution >= 0.6 is 0 Å². The number of hydrogen-bond acceptors (Lipinski definition) is 2. The van der Waals surface area contributed by atoms with Crippen molar-refractivity contribution in [3.8, 4) is 0 Å². The highest BCUT2D eigenvalue weighted by molar-refractivity contribution is 5.55. The van der Waals surface area contributed by atoms with Crippen molar-refractivity contribution in [1.29, 1.82) is 0 Å². The molecule has 0 aliphatic carbocycles. The second kappa shape index (κ2) is 4.62. The van der Waals surface area contributed by atoms with Crippen LogP contribution in [0.1, 0.15) is 27.2 Å². The topological polar surface area (TPSA) is 21.6 Å². The first kappa shape index (κ1) is 7.47. The fourth-order valence-electron chi connectivity index (χ4n) is 0.207. The average molecular weight is 114 g/mol. The van der Waals surface area contributed by atoms with Crippen molar-refractivity contribution in [2.45, 2.75) is 33.3 Å². The van der Waals surface area contributed by atoms with Gasteiger partial charge in [0, 0.05) is 0 Å².